The molecule has 0 bridgehead atoms. The van der Waals surface area contributed by atoms with E-state index in [4.69, 9.17) is 9.15 Å². The highest BCUT2D eigenvalue weighted by Crippen LogP contribution is 2.35. The predicted octanol–water partition coefficient (Wildman–Crippen LogP) is 2.99. The summed E-state index contributed by atoms with van der Waals surface area (Å²) in [5.74, 6) is 1.59. The van der Waals surface area contributed by atoms with Crippen molar-refractivity contribution in [1.82, 2.24) is 25.2 Å². The summed E-state index contributed by atoms with van der Waals surface area (Å²) >= 11 is 1.55. The maximum atomic E-state index is 5.90. The van der Waals surface area contributed by atoms with Crippen molar-refractivity contribution < 1.29 is 9.15 Å². The molecule has 0 saturated carbocycles. The number of tetrazole rings is 1. The number of hydrogen-bond acceptors (Lipinski definition) is 7. The minimum absolute atomic E-state index is 0.0420. The molecule has 1 fully saturated rings. The highest BCUT2D eigenvalue weighted by Gasteiger charge is 2.24. The normalized spacial score (nSPS) is 20.1. The van der Waals surface area contributed by atoms with Crippen LogP contribution < -0.4 is 0 Å². The zero-order valence-corrected chi connectivity index (χ0v) is 14.8. The van der Waals surface area contributed by atoms with Crippen molar-refractivity contribution in [2.45, 2.75) is 69.0 Å². The van der Waals surface area contributed by atoms with Gasteiger partial charge in [0.2, 0.25) is 11.0 Å². The Morgan fingerprint density at radius 1 is 1.43 bits per heavy atom. The largest absolute Gasteiger partial charge is 0.444 e. The fraction of sp³-hybridized carbons (Fsp3) is 0.733. The third-order valence-corrected chi connectivity index (χ3v) is 4.85. The molecule has 0 radical (unpaired) electrons. The summed E-state index contributed by atoms with van der Waals surface area (Å²) < 4.78 is 13.4. The van der Waals surface area contributed by atoms with E-state index in [0.717, 1.165) is 30.4 Å². The van der Waals surface area contributed by atoms with Crippen LogP contribution in [0.15, 0.2) is 15.8 Å². The van der Waals surface area contributed by atoms with E-state index in [-0.39, 0.29) is 16.8 Å². The van der Waals surface area contributed by atoms with Gasteiger partial charge in [-0.05, 0) is 30.2 Å². The predicted molar refractivity (Wildman–Crippen MR) is 86.3 cm³/mol. The van der Waals surface area contributed by atoms with Crippen molar-refractivity contribution in [3.63, 3.8) is 0 Å². The number of aromatic nitrogens is 5. The van der Waals surface area contributed by atoms with Crippen LogP contribution in [0, 0.1) is 0 Å². The van der Waals surface area contributed by atoms with Crippen LogP contribution in [0.25, 0.3) is 0 Å². The Balaban J connectivity index is 1.67. The summed E-state index contributed by atoms with van der Waals surface area (Å²) in [6.07, 6.45) is 4.19. The summed E-state index contributed by atoms with van der Waals surface area (Å²) in [5, 5.41) is 12.8. The van der Waals surface area contributed by atoms with Gasteiger partial charge in [0, 0.05) is 12.0 Å². The van der Waals surface area contributed by atoms with Crippen molar-refractivity contribution in [3.05, 3.63) is 17.8 Å². The van der Waals surface area contributed by atoms with Crippen molar-refractivity contribution in [2.75, 3.05) is 6.61 Å². The molecule has 0 N–H and O–H groups in total. The molecule has 1 aliphatic rings. The van der Waals surface area contributed by atoms with Crippen LogP contribution in [-0.4, -0.2) is 37.9 Å². The van der Waals surface area contributed by atoms with E-state index in [0.29, 0.717) is 12.4 Å². The molecular formula is C15H23N5O2S. The lowest BCUT2D eigenvalue weighted by molar-refractivity contribution is 0.0911. The molecular weight excluding hydrogens is 314 g/mol. The third kappa shape index (κ3) is 3.92. The standard InChI is InChI=1S/C15H23N5O2S/c1-10(13-16-8-12(22-13)15(2,3)4)23-14-17-18-19-20(14)9-11-6-5-7-21-11/h8,10-11H,5-7,9H2,1-4H3/t10-,11-/m1/s1. The molecule has 2 aromatic heterocycles. The quantitative estimate of drug-likeness (QED) is 0.776. The van der Waals surface area contributed by atoms with E-state index in [1.54, 1.807) is 11.8 Å². The summed E-state index contributed by atoms with van der Waals surface area (Å²) in [6, 6.07) is 0. The molecule has 0 amide bonds. The summed E-state index contributed by atoms with van der Waals surface area (Å²) in [6.45, 7) is 9.90. The van der Waals surface area contributed by atoms with Gasteiger partial charge in [0.15, 0.2) is 0 Å². The molecule has 2 aromatic rings. The molecule has 2 atom stereocenters. The second kappa shape index (κ2) is 6.60. The lowest BCUT2D eigenvalue weighted by Crippen LogP contribution is -2.17. The Morgan fingerprint density at radius 3 is 2.91 bits per heavy atom. The van der Waals surface area contributed by atoms with Gasteiger partial charge in [-0.15, -0.1) is 5.10 Å². The second-order valence-corrected chi connectivity index (χ2v) is 8.16. The molecule has 126 valence electrons. The van der Waals surface area contributed by atoms with E-state index in [9.17, 15) is 0 Å². The summed E-state index contributed by atoms with van der Waals surface area (Å²) in [4.78, 5) is 4.41. The number of hydrogen-bond donors (Lipinski definition) is 0. The van der Waals surface area contributed by atoms with E-state index in [1.807, 2.05) is 17.8 Å². The fourth-order valence-corrected chi connectivity index (χ4v) is 3.25. The van der Waals surface area contributed by atoms with Gasteiger partial charge < -0.3 is 9.15 Å². The van der Waals surface area contributed by atoms with Crippen LogP contribution in [0.1, 0.15) is 57.4 Å². The highest BCUT2D eigenvalue weighted by atomic mass is 32.2. The molecule has 0 spiro atoms. The molecule has 1 aliphatic heterocycles. The van der Waals surface area contributed by atoms with Gasteiger partial charge >= 0.3 is 0 Å². The van der Waals surface area contributed by atoms with Gasteiger partial charge in [0.05, 0.1) is 24.1 Å². The first-order valence-corrected chi connectivity index (χ1v) is 8.82. The van der Waals surface area contributed by atoms with Crippen molar-refractivity contribution in [2.24, 2.45) is 0 Å². The topological polar surface area (TPSA) is 78.9 Å². The minimum atomic E-state index is -0.0446. The number of ether oxygens (including phenoxy) is 1. The average molecular weight is 337 g/mol. The molecule has 0 unspecified atom stereocenters. The molecule has 3 heterocycles. The molecule has 1 saturated heterocycles. The van der Waals surface area contributed by atoms with Gasteiger partial charge in [-0.3, -0.25) is 0 Å². The lowest BCUT2D eigenvalue weighted by atomic mass is 9.94. The van der Waals surface area contributed by atoms with E-state index < -0.39 is 0 Å². The number of oxazole rings is 1. The van der Waals surface area contributed by atoms with Gasteiger partial charge in [-0.1, -0.05) is 32.5 Å². The van der Waals surface area contributed by atoms with Crippen LogP contribution in [-0.2, 0) is 16.7 Å². The molecule has 7 nitrogen and oxygen atoms in total. The maximum absolute atomic E-state index is 5.90. The lowest BCUT2D eigenvalue weighted by Gasteiger charge is -2.14. The second-order valence-electron chi connectivity index (χ2n) is 6.85. The Labute approximate surface area is 140 Å². The fourth-order valence-electron chi connectivity index (χ4n) is 2.41. The zero-order valence-electron chi connectivity index (χ0n) is 14.0. The third-order valence-electron chi connectivity index (χ3n) is 3.79. The van der Waals surface area contributed by atoms with Gasteiger partial charge in [0.1, 0.15) is 5.76 Å². The maximum Gasteiger partial charge on any atom is 0.210 e. The van der Waals surface area contributed by atoms with Gasteiger partial charge in [-0.25, -0.2) is 9.67 Å². The zero-order chi connectivity index (χ0) is 16.4. The molecule has 0 aliphatic carbocycles. The van der Waals surface area contributed by atoms with Crippen LogP contribution >= 0.6 is 11.8 Å². The Hall–Kier alpha value is -1.41. The van der Waals surface area contributed by atoms with Crippen LogP contribution in [0.2, 0.25) is 0 Å². The number of nitrogens with zero attached hydrogens (tertiary/aromatic N) is 5. The summed E-state index contributed by atoms with van der Waals surface area (Å²) in [7, 11) is 0. The SMILES string of the molecule is C[C@@H](Sc1nnnn1C[C@H]1CCCO1)c1ncc(C(C)(C)C)o1. The Bertz CT molecular complexity index is 642. The van der Waals surface area contributed by atoms with Crippen LogP contribution in [0.5, 0.6) is 0 Å². The van der Waals surface area contributed by atoms with Crippen molar-refractivity contribution >= 4 is 11.8 Å². The van der Waals surface area contributed by atoms with Gasteiger partial charge in [-0.2, -0.15) is 0 Å². The first kappa shape index (κ1) is 16.4. The first-order chi connectivity index (χ1) is 10.9. The summed E-state index contributed by atoms with van der Waals surface area (Å²) in [5.41, 5.74) is -0.0446. The first-order valence-electron chi connectivity index (χ1n) is 7.94. The van der Waals surface area contributed by atoms with Crippen LogP contribution in [0.3, 0.4) is 0 Å². The highest BCUT2D eigenvalue weighted by molar-refractivity contribution is 7.99. The number of rotatable bonds is 5. The smallest absolute Gasteiger partial charge is 0.210 e. The monoisotopic (exact) mass is 337 g/mol. The van der Waals surface area contributed by atoms with Crippen molar-refractivity contribution in [1.29, 1.82) is 0 Å². The molecule has 23 heavy (non-hydrogen) atoms. The number of thioether (sulfide) groups is 1. The van der Waals surface area contributed by atoms with E-state index in [1.165, 1.54) is 0 Å². The van der Waals surface area contributed by atoms with Gasteiger partial charge in [0.25, 0.3) is 0 Å². The minimum Gasteiger partial charge on any atom is -0.444 e. The molecule has 3 rings (SSSR count). The average Bonchev–Trinajstić information content (AvgIpc) is 3.20. The van der Waals surface area contributed by atoms with Crippen molar-refractivity contribution in [3.8, 4) is 0 Å². The Morgan fingerprint density at radius 2 is 2.26 bits per heavy atom. The molecule has 0 aromatic carbocycles. The molecule has 8 heteroatoms. The Kier molecular flexibility index (Phi) is 4.72. The van der Waals surface area contributed by atoms with Crippen LogP contribution in [0.4, 0.5) is 0 Å². The van der Waals surface area contributed by atoms with E-state index in [2.05, 4.69) is 41.3 Å². The van der Waals surface area contributed by atoms with E-state index >= 15 is 0 Å².